The maximum Gasteiger partial charge on any atom is 0.320 e. The molecule has 0 aliphatic rings. The molecule has 0 spiro atoms. The smallest absolute Gasteiger partial charge is 0.320 e. The number of ketones is 1. The number of unbranched alkanes of at least 4 members (excludes halogenated alkanes) is 3. The van der Waals surface area contributed by atoms with E-state index in [2.05, 4.69) is 11.9 Å². The Kier molecular flexibility index (Phi) is 11.8. The van der Waals surface area contributed by atoms with Crippen LogP contribution >= 0.6 is 0 Å². The molecule has 0 aliphatic heterocycles. The van der Waals surface area contributed by atoms with Crippen LogP contribution in [0.1, 0.15) is 58.3 Å². The predicted octanol–water partition coefficient (Wildman–Crippen LogP) is 1.11. The molecule has 2 unspecified atom stereocenters. The van der Waals surface area contributed by atoms with Gasteiger partial charge in [0, 0.05) is 18.5 Å². The first-order valence-corrected chi connectivity index (χ1v) is 8.46. The van der Waals surface area contributed by atoms with Gasteiger partial charge in [-0.15, -0.1) is 0 Å². The van der Waals surface area contributed by atoms with Crippen LogP contribution in [0.5, 0.6) is 0 Å². The molecule has 24 heavy (non-hydrogen) atoms. The lowest BCUT2D eigenvalue weighted by Gasteiger charge is -2.11. The number of aliphatic carboxylic acids is 1. The molecule has 0 saturated heterocycles. The fraction of sp³-hybridized carbons (Fsp3) is 0.706. The van der Waals surface area contributed by atoms with E-state index in [4.69, 9.17) is 16.6 Å². The number of carboxylic acid groups (broad SMARTS) is 1. The topological polar surface area (TPSA) is 136 Å². The minimum atomic E-state index is -0.993. The van der Waals surface area contributed by atoms with Gasteiger partial charge in [0.1, 0.15) is 11.8 Å². The summed E-state index contributed by atoms with van der Waals surface area (Å²) in [6, 6.07) is -1.29. The molecule has 0 radical (unpaired) electrons. The molecule has 1 amide bonds. The second-order valence-corrected chi connectivity index (χ2v) is 6.15. The summed E-state index contributed by atoms with van der Waals surface area (Å²) in [6.45, 7) is 5.76. The van der Waals surface area contributed by atoms with Crippen molar-refractivity contribution in [1.82, 2.24) is 5.32 Å². The van der Waals surface area contributed by atoms with Gasteiger partial charge >= 0.3 is 5.97 Å². The fourth-order valence-electron chi connectivity index (χ4n) is 2.15. The second-order valence-electron chi connectivity index (χ2n) is 6.15. The minimum Gasteiger partial charge on any atom is -0.480 e. The van der Waals surface area contributed by atoms with Crippen LogP contribution in [0.4, 0.5) is 0 Å². The van der Waals surface area contributed by atoms with Gasteiger partial charge in [-0.1, -0.05) is 19.4 Å². The largest absolute Gasteiger partial charge is 0.480 e. The Morgan fingerprint density at radius 3 is 2.17 bits per heavy atom. The zero-order valence-electron chi connectivity index (χ0n) is 14.6. The van der Waals surface area contributed by atoms with E-state index in [1.54, 1.807) is 6.92 Å². The van der Waals surface area contributed by atoms with Crippen molar-refractivity contribution in [3.63, 3.8) is 0 Å². The van der Waals surface area contributed by atoms with E-state index in [0.29, 0.717) is 44.2 Å². The van der Waals surface area contributed by atoms with Crippen LogP contribution in [0.2, 0.25) is 0 Å². The highest BCUT2D eigenvalue weighted by Gasteiger charge is 2.13. The molecule has 0 rings (SSSR count). The maximum atomic E-state index is 11.9. The van der Waals surface area contributed by atoms with Gasteiger partial charge in [-0.3, -0.25) is 14.4 Å². The molecular weight excluding hydrogens is 310 g/mol. The standard InChI is InChI=1S/C17H31N3O4/c1-12(2)16(22)20-11-7-6-8-13(18)15(21)10-5-3-4-9-14(19)17(23)24/h13-14H,1,3-11,18-19H2,2H3,(H,20,22)(H,23,24). The van der Waals surface area contributed by atoms with Crippen LogP contribution in [0.25, 0.3) is 0 Å². The number of hydrogen-bond acceptors (Lipinski definition) is 5. The number of hydrogen-bond donors (Lipinski definition) is 4. The summed E-state index contributed by atoms with van der Waals surface area (Å²) < 4.78 is 0. The van der Waals surface area contributed by atoms with Crippen molar-refractivity contribution in [3.8, 4) is 0 Å². The zero-order valence-corrected chi connectivity index (χ0v) is 14.6. The highest BCUT2D eigenvalue weighted by atomic mass is 16.4. The van der Waals surface area contributed by atoms with Gasteiger partial charge in [-0.25, -0.2) is 0 Å². The molecule has 0 fully saturated rings. The van der Waals surface area contributed by atoms with Crippen molar-refractivity contribution in [3.05, 3.63) is 12.2 Å². The molecule has 0 saturated carbocycles. The van der Waals surface area contributed by atoms with Crippen LogP contribution in [-0.2, 0) is 14.4 Å². The second kappa shape index (κ2) is 12.7. The lowest BCUT2D eigenvalue weighted by Crippen LogP contribution is -2.31. The monoisotopic (exact) mass is 341 g/mol. The van der Waals surface area contributed by atoms with Crippen molar-refractivity contribution < 1.29 is 19.5 Å². The van der Waals surface area contributed by atoms with E-state index in [9.17, 15) is 14.4 Å². The molecule has 2 atom stereocenters. The average molecular weight is 341 g/mol. The summed E-state index contributed by atoms with van der Waals surface area (Å²) in [5, 5.41) is 11.4. The van der Waals surface area contributed by atoms with Crippen LogP contribution < -0.4 is 16.8 Å². The van der Waals surface area contributed by atoms with Crippen molar-refractivity contribution in [2.24, 2.45) is 11.5 Å². The van der Waals surface area contributed by atoms with E-state index >= 15 is 0 Å². The van der Waals surface area contributed by atoms with Gasteiger partial charge < -0.3 is 21.9 Å². The Bertz CT molecular complexity index is 438. The molecule has 0 heterocycles. The van der Waals surface area contributed by atoms with E-state index in [1.165, 1.54) is 0 Å². The molecular formula is C17H31N3O4. The molecule has 7 heteroatoms. The van der Waals surface area contributed by atoms with Crippen LogP contribution in [0, 0.1) is 0 Å². The third-order valence-corrected chi connectivity index (χ3v) is 3.78. The Balaban J connectivity index is 3.64. The van der Waals surface area contributed by atoms with E-state index < -0.39 is 18.1 Å². The molecule has 6 N–H and O–H groups in total. The zero-order chi connectivity index (χ0) is 18.5. The molecule has 0 bridgehead atoms. The first-order chi connectivity index (χ1) is 11.3. The quantitative estimate of drug-likeness (QED) is 0.276. The Morgan fingerprint density at radius 1 is 1.00 bits per heavy atom. The van der Waals surface area contributed by atoms with Gasteiger partial charge in [0.25, 0.3) is 0 Å². The fourth-order valence-corrected chi connectivity index (χ4v) is 2.15. The molecule has 138 valence electrons. The molecule has 0 aromatic carbocycles. The molecule has 7 nitrogen and oxygen atoms in total. The summed E-state index contributed by atoms with van der Waals surface area (Å²) in [5.74, 6) is -1.12. The van der Waals surface area contributed by atoms with E-state index in [1.807, 2.05) is 0 Å². The van der Waals surface area contributed by atoms with Gasteiger partial charge in [-0.2, -0.15) is 0 Å². The predicted molar refractivity (Wildman–Crippen MR) is 93.4 cm³/mol. The number of carbonyl (C=O) groups excluding carboxylic acids is 2. The third-order valence-electron chi connectivity index (χ3n) is 3.78. The molecule has 0 aromatic heterocycles. The summed E-state index contributed by atoms with van der Waals surface area (Å²) >= 11 is 0. The Hall–Kier alpha value is -1.73. The summed E-state index contributed by atoms with van der Waals surface area (Å²) in [5.41, 5.74) is 11.7. The van der Waals surface area contributed by atoms with E-state index in [-0.39, 0.29) is 11.7 Å². The molecule has 0 aliphatic carbocycles. The van der Waals surface area contributed by atoms with Gasteiger partial charge in [-0.05, 0) is 39.0 Å². The lowest BCUT2D eigenvalue weighted by molar-refractivity contribution is -0.138. The Morgan fingerprint density at radius 2 is 1.58 bits per heavy atom. The van der Waals surface area contributed by atoms with E-state index in [0.717, 1.165) is 19.3 Å². The first-order valence-electron chi connectivity index (χ1n) is 8.46. The van der Waals surface area contributed by atoms with Crippen molar-refractivity contribution >= 4 is 17.7 Å². The first kappa shape index (κ1) is 22.3. The van der Waals surface area contributed by atoms with Gasteiger partial charge in [0.2, 0.25) is 5.91 Å². The number of nitrogens with two attached hydrogens (primary N) is 2. The highest BCUT2D eigenvalue weighted by Crippen LogP contribution is 2.08. The SMILES string of the molecule is C=C(C)C(=O)NCCCCC(N)C(=O)CCCCCC(N)C(=O)O. The van der Waals surface area contributed by atoms with Crippen LogP contribution in [0.15, 0.2) is 12.2 Å². The number of rotatable bonds is 14. The normalized spacial score (nSPS) is 13.1. The van der Waals surface area contributed by atoms with Crippen LogP contribution in [0.3, 0.4) is 0 Å². The highest BCUT2D eigenvalue weighted by molar-refractivity contribution is 5.92. The third kappa shape index (κ3) is 10.9. The summed E-state index contributed by atoms with van der Waals surface area (Å²) in [6.07, 6.45) is 5.15. The molecule has 0 aromatic rings. The summed E-state index contributed by atoms with van der Waals surface area (Å²) in [4.78, 5) is 33.7. The Labute approximate surface area is 143 Å². The number of carboxylic acids is 1. The van der Waals surface area contributed by atoms with Crippen molar-refractivity contribution in [1.29, 1.82) is 0 Å². The number of nitrogens with one attached hydrogen (secondary N) is 1. The van der Waals surface area contributed by atoms with Crippen molar-refractivity contribution in [2.75, 3.05) is 6.54 Å². The minimum absolute atomic E-state index is 0.0310. The van der Waals surface area contributed by atoms with Gasteiger partial charge in [0.15, 0.2) is 0 Å². The lowest BCUT2D eigenvalue weighted by atomic mass is 10.0. The van der Waals surface area contributed by atoms with Gasteiger partial charge in [0.05, 0.1) is 6.04 Å². The number of carbonyl (C=O) groups is 3. The number of Topliss-reactive ketones (excluding diaryl/α,β-unsaturated/α-hetero) is 1. The maximum absolute atomic E-state index is 11.9. The summed E-state index contributed by atoms with van der Waals surface area (Å²) in [7, 11) is 0. The number of amides is 1. The average Bonchev–Trinajstić information content (AvgIpc) is 2.52. The van der Waals surface area contributed by atoms with Crippen LogP contribution in [-0.4, -0.2) is 41.4 Å². The van der Waals surface area contributed by atoms with Crippen molar-refractivity contribution in [2.45, 2.75) is 70.4 Å².